The Morgan fingerprint density at radius 1 is 0.848 bits per heavy atom. The van der Waals surface area contributed by atoms with Gasteiger partial charge in [0.05, 0.1) is 18.2 Å². The molecule has 0 unspecified atom stereocenters. The number of rotatable bonds is 7. The largest absolute Gasteiger partial charge is 0.507 e. The zero-order chi connectivity index (χ0) is 23.2. The van der Waals surface area contributed by atoms with Gasteiger partial charge < -0.3 is 19.9 Å². The summed E-state index contributed by atoms with van der Waals surface area (Å²) in [5.74, 6) is 0.805. The first-order valence-electron chi connectivity index (χ1n) is 10.2. The van der Waals surface area contributed by atoms with Crippen molar-refractivity contribution in [3.63, 3.8) is 0 Å². The number of aromatic nitrogens is 3. The van der Waals surface area contributed by atoms with E-state index < -0.39 is 5.97 Å². The fraction of sp³-hybridized carbons (Fsp3) is 0.120. The third-order valence-corrected chi connectivity index (χ3v) is 4.89. The number of hydrogen-bond acceptors (Lipinski definition) is 8. The summed E-state index contributed by atoms with van der Waals surface area (Å²) in [5.41, 5.74) is 3.10. The normalized spacial score (nSPS) is 10.6. The zero-order valence-electron chi connectivity index (χ0n) is 18.1. The summed E-state index contributed by atoms with van der Waals surface area (Å²) >= 11 is 0. The first kappa shape index (κ1) is 21.9. The van der Waals surface area contributed by atoms with Gasteiger partial charge in [-0.1, -0.05) is 42.5 Å². The van der Waals surface area contributed by atoms with E-state index in [-0.39, 0.29) is 5.75 Å². The number of nitrogens with zero attached hydrogens (tertiary/aromatic N) is 3. The second-order valence-electron chi connectivity index (χ2n) is 7.08. The molecule has 0 spiro atoms. The maximum Gasteiger partial charge on any atom is 0.337 e. The Bertz CT molecular complexity index is 1260. The second-order valence-corrected chi connectivity index (χ2v) is 7.08. The molecule has 33 heavy (non-hydrogen) atoms. The minimum atomic E-state index is -0.421. The predicted octanol–water partition coefficient (Wildman–Crippen LogP) is 4.38. The SMILES string of the molecule is COCNc1ccc(-c2nc(-c3ccccc3)nc(-c3ccc(C(=O)OC)cc3)n2)c(O)c1. The van der Waals surface area contributed by atoms with E-state index in [1.54, 1.807) is 43.5 Å². The Morgan fingerprint density at radius 2 is 1.48 bits per heavy atom. The number of hydrogen-bond donors (Lipinski definition) is 2. The lowest BCUT2D eigenvalue weighted by atomic mass is 10.1. The molecule has 4 aromatic rings. The summed E-state index contributed by atoms with van der Waals surface area (Å²) in [5, 5.41) is 13.7. The molecule has 0 saturated heterocycles. The predicted molar refractivity (Wildman–Crippen MR) is 125 cm³/mol. The maximum atomic E-state index is 11.8. The lowest BCUT2D eigenvalue weighted by Gasteiger charge is -2.11. The van der Waals surface area contributed by atoms with E-state index in [0.717, 1.165) is 5.56 Å². The highest BCUT2D eigenvalue weighted by Gasteiger charge is 2.15. The first-order valence-corrected chi connectivity index (χ1v) is 10.2. The zero-order valence-corrected chi connectivity index (χ0v) is 18.1. The lowest BCUT2D eigenvalue weighted by Crippen LogP contribution is -2.04. The molecule has 0 amide bonds. The van der Waals surface area contributed by atoms with Crippen LogP contribution in [0.15, 0.2) is 72.8 Å². The van der Waals surface area contributed by atoms with E-state index in [0.29, 0.717) is 46.6 Å². The van der Waals surface area contributed by atoms with E-state index in [9.17, 15) is 9.90 Å². The maximum absolute atomic E-state index is 11.8. The molecule has 8 nitrogen and oxygen atoms in total. The number of esters is 1. The third kappa shape index (κ3) is 4.97. The lowest BCUT2D eigenvalue weighted by molar-refractivity contribution is 0.0600. The van der Waals surface area contributed by atoms with Gasteiger partial charge in [-0.05, 0) is 24.3 Å². The van der Waals surface area contributed by atoms with Crippen molar-refractivity contribution in [2.45, 2.75) is 0 Å². The highest BCUT2D eigenvalue weighted by atomic mass is 16.5. The number of anilines is 1. The molecule has 0 bridgehead atoms. The topological polar surface area (TPSA) is 106 Å². The van der Waals surface area contributed by atoms with Gasteiger partial charge in [-0.3, -0.25) is 0 Å². The Balaban J connectivity index is 1.80. The fourth-order valence-electron chi connectivity index (χ4n) is 3.20. The molecule has 0 aliphatic rings. The molecule has 4 rings (SSSR count). The molecule has 8 heteroatoms. The molecule has 0 saturated carbocycles. The van der Waals surface area contributed by atoms with Crippen LogP contribution in [0.25, 0.3) is 34.2 Å². The molecular formula is C25H22N4O4. The van der Waals surface area contributed by atoms with Crippen molar-refractivity contribution in [2.24, 2.45) is 0 Å². The van der Waals surface area contributed by atoms with Crippen LogP contribution in [-0.2, 0) is 9.47 Å². The summed E-state index contributed by atoms with van der Waals surface area (Å²) in [7, 11) is 2.92. The minimum absolute atomic E-state index is 0.0216. The van der Waals surface area contributed by atoms with Crippen LogP contribution in [0, 0.1) is 0 Å². The van der Waals surface area contributed by atoms with Crippen molar-refractivity contribution in [1.29, 1.82) is 0 Å². The molecule has 3 aromatic carbocycles. The smallest absolute Gasteiger partial charge is 0.337 e. The van der Waals surface area contributed by atoms with Crippen molar-refractivity contribution < 1.29 is 19.4 Å². The Morgan fingerprint density at radius 3 is 2.09 bits per heavy atom. The standard InChI is InChI=1S/C25H22N4O4/c1-32-15-26-19-12-13-20(21(30)14-19)24-28-22(16-6-4-3-5-7-16)27-23(29-24)17-8-10-18(11-9-17)25(31)33-2/h3-14,26,30H,15H2,1-2H3. The average molecular weight is 442 g/mol. The fourth-order valence-corrected chi connectivity index (χ4v) is 3.20. The molecule has 0 fully saturated rings. The number of nitrogens with one attached hydrogen (secondary N) is 1. The second kappa shape index (κ2) is 9.88. The van der Waals surface area contributed by atoms with Crippen LogP contribution >= 0.6 is 0 Å². The van der Waals surface area contributed by atoms with Gasteiger partial charge in [0.2, 0.25) is 0 Å². The van der Waals surface area contributed by atoms with Crippen LogP contribution in [0.2, 0.25) is 0 Å². The summed E-state index contributed by atoms with van der Waals surface area (Å²) in [6, 6.07) is 21.5. The Hall–Kier alpha value is -4.30. The van der Waals surface area contributed by atoms with Gasteiger partial charge in [0.15, 0.2) is 17.5 Å². The van der Waals surface area contributed by atoms with Crippen molar-refractivity contribution in [1.82, 2.24) is 15.0 Å². The Labute approximate surface area is 190 Å². The molecule has 0 atom stereocenters. The van der Waals surface area contributed by atoms with Crippen LogP contribution in [0.3, 0.4) is 0 Å². The van der Waals surface area contributed by atoms with Crippen LogP contribution in [0.5, 0.6) is 5.75 Å². The third-order valence-electron chi connectivity index (χ3n) is 4.89. The quantitative estimate of drug-likeness (QED) is 0.321. The van der Waals surface area contributed by atoms with Crippen molar-refractivity contribution in [2.75, 3.05) is 26.3 Å². The van der Waals surface area contributed by atoms with Crippen molar-refractivity contribution in [3.8, 4) is 39.9 Å². The van der Waals surface area contributed by atoms with E-state index >= 15 is 0 Å². The van der Waals surface area contributed by atoms with E-state index in [1.165, 1.54) is 7.11 Å². The van der Waals surface area contributed by atoms with Crippen molar-refractivity contribution >= 4 is 11.7 Å². The number of benzene rings is 3. The first-order chi connectivity index (χ1) is 16.1. The number of phenolic OH excluding ortho intramolecular Hbond substituents is 1. The van der Waals surface area contributed by atoms with Crippen LogP contribution in [0.1, 0.15) is 10.4 Å². The van der Waals surface area contributed by atoms with Gasteiger partial charge >= 0.3 is 5.97 Å². The molecular weight excluding hydrogens is 420 g/mol. The summed E-state index contributed by atoms with van der Waals surface area (Å²) in [6.07, 6.45) is 0. The highest BCUT2D eigenvalue weighted by molar-refractivity contribution is 5.89. The number of carbonyl (C=O) groups is 1. The van der Waals surface area contributed by atoms with Crippen LogP contribution in [0.4, 0.5) is 5.69 Å². The van der Waals surface area contributed by atoms with E-state index in [2.05, 4.69) is 20.3 Å². The number of methoxy groups -OCH3 is 2. The van der Waals surface area contributed by atoms with Gasteiger partial charge in [0, 0.05) is 30.0 Å². The highest BCUT2D eigenvalue weighted by Crippen LogP contribution is 2.32. The summed E-state index contributed by atoms with van der Waals surface area (Å²) in [6.45, 7) is 0.314. The molecule has 166 valence electrons. The van der Waals surface area contributed by atoms with E-state index in [1.807, 2.05) is 36.4 Å². The van der Waals surface area contributed by atoms with E-state index in [4.69, 9.17) is 9.47 Å². The number of ether oxygens (including phenoxy) is 2. The van der Waals surface area contributed by atoms with Gasteiger partial charge in [-0.15, -0.1) is 0 Å². The number of phenols is 1. The van der Waals surface area contributed by atoms with Gasteiger partial charge in [0.25, 0.3) is 0 Å². The monoisotopic (exact) mass is 442 g/mol. The molecule has 0 aliphatic heterocycles. The van der Waals surface area contributed by atoms with Gasteiger partial charge in [0.1, 0.15) is 12.5 Å². The van der Waals surface area contributed by atoms with Crippen LogP contribution < -0.4 is 5.32 Å². The van der Waals surface area contributed by atoms with Crippen LogP contribution in [-0.4, -0.2) is 47.0 Å². The average Bonchev–Trinajstić information content (AvgIpc) is 2.87. The molecule has 1 heterocycles. The number of carbonyl (C=O) groups excluding carboxylic acids is 1. The molecule has 2 N–H and O–H groups in total. The summed E-state index contributed by atoms with van der Waals surface area (Å²) < 4.78 is 9.77. The van der Waals surface area contributed by atoms with Crippen molar-refractivity contribution in [3.05, 3.63) is 78.4 Å². The van der Waals surface area contributed by atoms with Gasteiger partial charge in [-0.25, -0.2) is 19.7 Å². The molecule has 0 aliphatic carbocycles. The number of aromatic hydroxyl groups is 1. The molecule has 1 aromatic heterocycles. The summed E-state index contributed by atoms with van der Waals surface area (Å²) in [4.78, 5) is 25.6. The molecule has 0 radical (unpaired) electrons. The van der Waals surface area contributed by atoms with Gasteiger partial charge in [-0.2, -0.15) is 0 Å². The Kier molecular flexibility index (Phi) is 6.56. The minimum Gasteiger partial charge on any atom is -0.507 e.